The zero-order valence-electron chi connectivity index (χ0n) is 16.0. The van der Waals surface area contributed by atoms with Crippen molar-refractivity contribution in [1.29, 1.82) is 0 Å². The molecule has 1 saturated carbocycles. The summed E-state index contributed by atoms with van der Waals surface area (Å²) in [5.74, 6) is -0.0314. The molecule has 1 aromatic heterocycles. The number of aromatic nitrogens is 1. The van der Waals surface area contributed by atoms with Crippen LogP contribution in [-0.4, -0.2) is 16.9 Å². The van der Waals surface area contributed by atoms with Crippen LogP contribution < -0.4 is 10.6 Å². The Hall–Kier alpha value is -2.36. The molecule has 1 aliphatic rings. The van der Waals surface area contributed by atoms with E-state index in [0.29, 0.717) is 11.6 Å². The van der Waals surface area contributed by atoms with Crippen LogP contribution in [0.3, 0.4) is 0 Å². The number of hydrogen-bond donors (Lipinski definition) is 2. The summed E-state index contributed by atoms with van der Waals surface area (Å²) in [6.45, 7) is 6.61. The van der Waals surface area contributed by atoms with Gasteiger partial charge >= 0.3 is 0 Å². The van der Waals surface area contributed by atoms with Crippen LogP contribution in [0.15, 0.2) is 42.7 Å². The molecule has 0 spiro atoms. The van der Waals surface area contributed by atoms with Gasteiger partial charge in [0, 0.05) is 17.9 Å². The predicted molar refractivity (Wildman–Crippen MR) is 107 cm³/mol. The van der Waals surface area contributed by atoms with E-state index in [9.17, 15) is 4.79 Å². The Morgan fingerprint density at radius 3 is 2.35 bits per heavy atom. The molecule has 0 atom stereocenters. The van der Waals surface area contributed by atoms with E-state index in [2.05, 4.69) is 60.7 Å². The van der Waals surface area contributed by atoms with Crippen molar-refractivity contribution < 1.29 is 4.79 Å². The minimum absolute atomic E-state index is 0.0314. The van der Waals surface area contributed by atoms with Gasteiger partial charge in [-0.2, -0.15) is 0 Å². The van der Waals surface area contributed by atoms with Crippen LogP contribution in [0.4, 0.5) is 11.4 Å². The fourth-order valence-electron chi connectivity index (χ4n) is 3.37. The van der Waals surface area contributed by atoms with E-state index < -0.39 is 0 Å². The summed E-state index contributed by atoms with van der Waals surface area (Å²) < 4.78 is 0. The fraction of sp³-hybridized carbons (Fsp3) is 0.455. The molecule has 138 valence electrons. The summed E-state index contributed by atoms with van der Waals surface area (Å²) in [7, 11) is 0. The smallest absolute Gasteiger partial charge is 0.253 e. The molecule has 0 unspecified atom stereocenters. The summed E-state index contributed by atoms with van der Waals surface area (Å²) in [6, 6.07) is 10.6. The number of rotatable bonds is 4. The minimum Gasteiger partial charge on any atom is -0.354 e. The van der Waals surface area contributed by atoms with Crippen LogP contribution in [-0.2, 0) is 5.41 Å². The highest BCUT2D eigenvalue weighted by Crippen LogP contribution is 2.25. The highest BCUT2D eigenvalue weighted by atomic mass is 16.1. The Kier molecular flexibility index (Phi) is 5.60. The number of carbonyl (C=O) groups is 1. The second kappa shape index (κ2) is 7.90. The number of anilines is 2. The molecule has 1 aromatic carbocycles. The van der Waals surface area contributed by atoms with E-state index in [1.54, 1.807) is 12.4 Å². The monoisotopic (exact) mass is 351 g/mol. The molecular formula is C22H29N3O. The van der Waals surface area contributed by atoms with Crippen molar-refractivity contribution in [2.24, 2.45) is 0 Å². The number of benzene rings is 1. The fourth-order valence-corrected chi connectivity index (χ4v) is 3.37. The maximum atomic E-state index is 12.5. The van der Waals surface area contributed by atoms with Crippen molar-refractivity contribution in [2.45, 2.75) is 64.3 Å². The Morgan fingerprint density at radius 1 is 1.00 bits per heavy atom. The standard InChI is InChI=1S/C22H29N3O/c1-22(2,3)17-9-11-19(12-10-17)24-20-13-16(14-23-15-20)21(26)25-18-7-5-4-6-8-18/h9-15,18,24H,4-8H2,1-3H3,(H,25,26). The van der Waals surface area contributed by atoms with E-state index in [-0.39, 0.29) is 11.3 Å². The minimum atomic E-state index is -0.0314. The van der Waals surface area contributed by atoms with Gasteiger partial charge in [-0.25, -0.2) is 0 Å². The molecular weight excluding hydrogens is 322 g/mol. The van der Waals surface area contributed by atoms with Gasteiger partial charge in [-0.3, -0.25) is 9.78 Å². The van der Waals surface area contributed by atoms with Crippen molar-refractivity contribution in [3.05, 3.63) is 53.9 Å². The van der Waals surface area contributed by atoms with Crippen LogP contribution in [0.25, 0.3) is 0 Å². The molecule has 0 aliphatic heterocycles. The van der Waals surface area contributed by atoms with Gasteiger partial charge in [0.1, 0.15) is 0 Å². The highest BCUT2D eigenvalue weighted by Gasteiger charge is 2.17. The predicted octanol–water partition coefficient (Wildman–Crippen LogP) is 5.19. The maximum Gasteiger partial charge on any atom is 0.253 e. The molecule has 0 saturated heterocycles. The first-order valence-corrected chi connectivity index (χ1v) is 9.55. The SMILES string of the molecule is CC(C)(C)c1ccc(Nc2cncc(C(=O)NC3CCCCC3)c2)cc1. The number of amides is 1. The summed E-state index contributed by atoms with van der Waals surface area (Å²) in [5, 5.41) is 6.48. The van der Waals surface area contributed by atoms with E-state index in [1.807, 2.05) is 6.07 Å². The van der Waals surface area contributed by atoms with Crippen LogP contribution in [0.2, 0.25) is 0 Å². The van der Waals surface area contributed by atoms with Gasteiger partial charge in [-0.1, -0.05) is 52.2 Å². The van der Waals surface area contributed by atoms with E-state index in [4.69, 9.17) is 0 Å². The lowest BCUT2D eigenvalue weighted by Crippen LogP contribution is -2.36. The Morgan fingerprint density at radius 2 is 1.69 bits per heavy atom. The van der Waals surface area contributed by atoms with E-state index >= 15 is 0 Å². The summed E-state index contributed by atoms with van der Waals surface area (Å²) in [4.78, 5) is 16.7. The largest absolute Gasteiger partial charge is 0.354 e. The van der Waals surface area contributed by atoms with E-state index in [0.717, 1.165) is 24.2 Å². The zero-order chi connectivity index (χ0) is 18.6. The van der Waals surface area contributed by atoms with Crippen molar-refractivity contribution in [3.63, 3.8) is 0 Å². The normalized spacial score (nSPS) is 15.5. The van der Waals surface area contributed by atoms with E-state index in [1.165, 1.54) is 24.8 Å². The summed E-state index contributed by atoms with van der Waals surface area (Å²) >= 11 is 0. The molecule has 1 amide bonds. The molecule has 2 N–H and O–H groups in total. The molecule has 26 heavy (non-hydrogen) atoms. The Balaban J connectivity index is 1.66. The Bertz CT molecular complexity index is 741. The average molecular weight is 351 g/mol. The number of carbonyl (C=O) groups excluding carboxylic acids is 1. The van der Waals surface area contributed by atoms with Crippen LogP contribution >= 0.6 is 0 Å². The van der Waals surface area contributed by atoms with Crippen molar-refractivity contribution in [1.82, 2.24) is 10.3 Å². The van der Waals surface area contributed by atoms with Crippen molar-refractivity contribution >= 4 is 17.3 Å². The first-order valence-electron chi connectivity index (χ1n) is 9.55. The molecule has 4 nitrogen and oxygen atoms in total. The van der Waals surface area contributed by atoms with Crippen molar-refractivity contribution in [3.8, 4) is 0 Å². The molecule has 0 radical (unpaired) electrons. The van der Waals surface area contributed by atoms with Gasteiger partial charge < -0.3 is 10.6 Å². The quantitative estimate of drug-likeness (QED) is 0.797. The molecule has 0 bridgehead atoms. The van der Waals surface area contributed by atoms with Crippen molar-refractivity contribution in [2.75, 3.05) is 5.32 Å². The molecule has 1 fully saturated rings. The van der Waals surface area contributed by atoms with Gasteiger partial charge in [0.2, 0.25) is 0 Å². The third-order valence-corrected chi connectivity index (χ3v) is 4.98. The summed E-state index contributed by atoms with van der Waals surface area (Å²) in [5.41, 5.74) is 3.85. The zero-order valence-corrected chi connectivity index (χ0v) is 16.0. The number of pyridine rings is 1. The second-order valence-corrected chi connectivity index (χ2v) is 8.22. The van der Waals surface area contributed by atoms with Gasteiger partial charge in [-0.05, 0) is 42.0 Å². The lowest BCUT2D eigenvalue weighted by molar-refractivity contribution is 0.0927. The third kappa shape index (κ3) is 4.84. The van der Waals surface area contributed by atoms with Gasteiger partial charge in [0.15, 0.2) is 0 Å². The first kappa shape index (κ1) is 18.4. The average Bonchev–Trinajstić information content (AvgIpc) is 2.62. The lowest BCUT2D eigenvalue weighted by Gasteiger charge is -2.22. The molecule has 4 heteroatoms. The number of nitrogens with one attached hydrogen (secondary N) is 2. The summed E-state index contributed by atoms with van der Waals surface area (Å²) in [6.07, 6.45) is 9.22. The highest BCUT2D eigenvalue weighted by molar-refractivity contribution is 5.95. The molecule has 1 aliphatic carbocycles. The Labute approximate surface area is 156 Å². The van der Waals surface area contributed by atoms with Crippen LogP contribution in [0.5, 0.6) is 0 Å². The third-order valence-electron chi connectivity index (χ3n) is 4.98. The molecule has 1 heterocycles. The number of hydrogen-bond acceptors (Lipinski definition) is 3. The van der Waals surface area contributed by atoms with Gasteiger partial charge in [0.25, 0.3) is 5.91 Å². The second-order valence-electron chi connectivity index (χ2n) is 8.22. The number of nitrogens with zero attached hydrogens (tertiary/aromatic N) is 1. The topological polar surface area (TPSA) is 54.0 Å². The van der Waals surface area contributed by atoms with Gasteiger partial charge in [0.05, 0.1) is 17.4 Å². The van der Waals surface area contributed by atoms with Gasteiger partial charge in [-0.15, -0.1) is 0 Å². The first-order chi connectivity index (χ1) is 12.4. The molecule has 3 rings (SSSR count). The molecule has 2 aromatic rings. The van der Waals surface area contributed by atoms with Crippen LogP contribution in [0, 0.1) is 0 Å². The maximum absolute atomic E-state index is 12.5. The van der Waals surface area contributed by atoms with Crippen LogP contribution in [0.1, 0.15) is 68.8 Å². The lowest BCUT2D eigenvalue weighted by atomic mass is 9.87.